The summed E-state index contributed by atoms with van der Waals surface area (Å²) in [7, 11) is 1.72. The van der Waals surface area contributed by atoms with Crippen molar-refractivity contribution in [1.29, 1.82) is 0 Å². The van der Waals surface area contributed by atoms with E-state index in [-0.39, 0.29) is 11.0 Å². The Bertz CT molecular complexity index is 1540. The Kier molecular flexibility index (Phi) is 7.13. The molecule has 1 aliphatic carbocycles. The Labute approximate surface area is 237 Å². The maximum absolute atomic E-state index is 14.4. The number of benzene rings is 3. The first kappa shape index (κ1) is 28.4. The lowest BCUT2D eigenvalue weighted by Crippen LogP contribution is -2.33. The van der Waals surface area contributed by atoms with Crippen molar-refractivity contribution < 1.29 is 17.7 Å². The van der Waals surface area contributed by atoms with Gasteiger partial charge < -0.3 is 0 Å². The highest BCUT2D eigenvalue weighted by atomic mass is 19.4. The van der Waals surface area contributed by atoms with Gasteiger partial charge >= 0.3 is 6.18 Å². The van der Waals surface area contributed by atoms with E-state index in [0.29, 0.717) is 16.9 Å². The Morgan fingerprint density at radius 1 is 0.800 bits per heavy atom. The molecule has 0 aliphatic heterocycles. The van der Waals surface area contributed by atoms with E-state index < -0.39 is 11.7 Å². The molecule has 0 atom stereocenters. The number of halogens is 3. The van der Waals surface area contributed by atoms with Crippen LogP contribution in [0, 0.1) is 12.3 Å². The van der Waals surface area contributed by atoms with E-state index in [1.165, 1.54) is 35.6 Å². The maximum Gasteiger partial charge on any atom is 0.422 e. The van der Waals surface area contributed by atoms with Crippen LogP contribution in [-0.4, -0.2) is 0 Å². The van der Waals surface area contributed by atoms with Crippen LogP contribution in [0.25, 0.3) is 33.2 Å². The Morgan fingerprint density at radius 3 is 1.98 bits per heavy atom. The first-order valence-corrected chi connectivity index (χ1v) is 14.4. The Morgan fingerprint density at radius 2 is 1.40 bits per heavy atom. The molecule has 1 heterocycles. The third-order valence-corrected chi connectivity index (χ3v) is 9.01. The van der Waals surface area contributed by atoms with Gasteiger partial charge in [0.15, 0.2) is 6.20 Å². The van der Waals surface area contributed by atoms with Gasteiger partial charge in [0.2, 0.25) is 5.69 Å². The molecule has 0 amide bonds. The molecular weight excluding hydrogens is 503 g/mol. The lowest BCUT2D eigenvalue weighted by atomic mass is 9.71. The highest BCUT2D eigenvalue weighted by Crippen LogP contribution is 2.44. The fourth-order valence-corrected chi connectivity index (χ4v) is 6.46. The van der Waals surface area contributed by atoms with E-state index in [1.54, 1.807) is 17.7 Å². The van der Waals surface area contributed by atoms with Crippen LogP contribution in [-0.2, 0) is 18.6 Å². The standard InChI is InChI=1S/C36H41F3N/c1-23-27-10-8-9-11-28(27)31(34(2,3)4)20-29(23)33-21-30(32(22-40(33)7)36(37,38)39)26-14-12-24(13-15-26)25-16-18-35(5,6)19-17-25/h8-15,20-22,25H,16-19H2,1-7H3/q+1. The molecule has 5 rings (SSSR count). The topological polar surface area (TPSA) is 3.88 Å². The van der Waals surface area contributed by atoms with Gasteiger partial charge in [-0.1, -0.05) is 83.1 Å². The largest absolute Gasteiger partial charge is 0.422 e. The zero-order valence-electron chi connectivity index (χ0n) is 24.8. The fourth-order valence-electron chi connectivity index (χ4n) is 6.46. The second kappa shape index (κ2) is 10.0. The molecule has 40 heavy (non-hydrogen) atoms. The van der Waals surface area contributed by atoms with Crippen molar-refractivity contribution in [3.8, 4) is 22.4 Å². The van der Waals surface area contributed by atoms with Gasteiger partial charge in [-0.25, -0.2) is 4.57 Å². The first-order chi connectivity index (χ1) is 18.7. The maximum atomic E-state index is 14.4. The van der Waals surface area contributed by atoms with Crippen molar-refractivity contribution in [2.75, 3.05) is 0 Å². The van der Waals surface area contributed by atoms with Crippen LogP contribution in [0.5, 0.6) is 0 Å². The number of hydrogen-bond acceptors (Lipinski definition) is 0. The normalized spacial score (nSPS) is 16.4. The molecule has 1 aliphatic rings. The lowest BCUT2D eigenvalue weighted by Gasteiger charge is -2.34. The molecule has 0 radical (unpaired) electrons. The minimum Gasteiger partial charge on any atom is -0.200 e. The van der Waals surface area contributed by atoms with Crippen LogP contribution >= 0.6 is 0 Å². The molecule has 0 bridgehead atoms. The minimum atomic E-state index is -4.46. The fraction of sp³-hybridized carbons (Fsp3) is 0.417. The summed E-state index contributed by atoms with van der Waals surface area (Å²) >= 11 is 0. The van der Waals surface area contributed by atoms with Gasteiger partial charge in [0.05, 0.1) is 0 Å². The number of hydrogen-bond donors (Lipinski definition) is 0. The number of fused-ring (bicyclic) bond motifs is 1. The molecule has 4 heteroatoms. The van der Waals surface area contributed by atoms with Crippen LogP contribution in [0.3, 0.4) is 0 Å². The van der Waals surface area contributed by atoms with Crippen LogP contribution in [0.4, 0.5) is 13.2 Å². The van der Waals surface area contributed by atoms with Gasteiger partial charge in [0.1, 0.15) is 12.6 Å². The van der Waals surface area contributed by atoms with Crippen LogP contribution in [0.1, 0.15) is 88.5 Å². The van der Waals surface area contributed by atoms with E-state index in [1.807, 2.05) is 36.4 Å². The molecule has 0 saturated heterocycles. The zero-order valence-corrected chi connectivity index (χ0v) is 24.8. The van der Waals surface area contributed by atoms with Gasteiger partial charge in [-0.05, 0) is 88.4 Å². The third kappa shape index (κ3) is 5.42. The van der Waals surface area contributed by atoms with Gasteiger partial charge in [-0.2, -0.15) is 13.2 Å². The summed E-state index contributed by atoms with van der Waals surface area (Å²) < 4.78 is 44.8. The van der Waals surface area contributed by atoms with Crippen molar-refractivity contribution in [2.24, 2.45) is 12.5 Å². The molecular formula is C36H41F3N+. The van der Waals surface area contributed by atoms with Gasteiger partial charge in [-0.15, -0.1) is 0 Å². The average molecular weight is 545 g/mol. The number of rotatable bonds is 3. The molecule has 210 valence electrons. The zero-order chi connectivity index (χ0) is 29.0. The van der Waals surface area contributed by atoms with E-state index >= 15 is 0 Å². The predicted molar refractivity (Wildman–Crippen MR) is 159 cm³/mol. The van der Waals surface area contributed by atoms with Crippen LogP contribution in [0.15, 0.2) is 66.9 Å². The molecule has 1 fully saturated rings. The van der Waals surface area contributed by atoms with Gasteiger partial charge in [0.25, 0.3) is 0 Å². The van der Waals surface area contributed by atoms with Crippen LogP contribution < -0.4 is 4.57 Å². The van der Waals surface area contributed by atoms with Crippen LogP contribution in [0.2, 0.25) is 0 Å². The number of alkyl halides is 3. The first-order valence-electron chi connectivity index (χ1n) is 14.4. The molecule has 4 aromatic rings. The second-order valence-electron chi connectivity index (χ2n) is 13.5. The Hall–Kier alpha value is -3.14. The Balaban J connectivity index is 1.65. The molecule has 1 nitrogen and oxygen atoms in total. The van der Waals surface area contributed by atoms with E-state index in [9.17, 15) is 13.2 Å². The summed E-state index contributed by atoms with van der Waals surface area (Å²) in [5, 5.41) is 2.32. The minimum absolute atomic E-state index is 0.125. The van der Waals surface area contributed by atoms with Crippen molar-refractivity contribution >= 4 is 10.8 Å². The van der Waals surface area contributed by atoms with E-state index in [4.69, 9.17) is 0 Å². The smallest absolute Gasteiger partial charge is 0.200 e. The number of aromatic nitrogens is 1. The SMILES string of the molecule is Cc1c(-c2cc(-c3ccc(C4CCC(C)(C)CC4)cc3)c(C(F)(F)F)c[n+]2C)cc(C(C)(C)C)c2ccccc12. The molecule has 0 N–H and O–H groups in total. The summed E-state index contributed by atoms with van der Waals surface area (Å²) in [6.45, 7) is 13.3. The molecule has 3 aromatic carbocycles. The summed E-state index contributed by atoms with van der Waals surface area (Å²) in [5.41, 5.74) is 5.69. The average Bonchev–Trinajstić information content (AvgIpc) is 2.88. The van der Waals surface area contributed by atoms with E-state index in [0.717, 1.165) is 35.0 Å². The molecule has 0 spiro atoms. The molecule has 0 unspecified atom stereocenters. The number of nitrogens with zero attached hydrogens (tertiary/aromatic N) is 1. The van der Waals surface area contributed by atoms with Crippen molar-refractivity contribution in [3.63, 3.8) is 0 Å². The highest BCUT2D eigenvalue weighted by molar-refractivity contribution is 5.94. The van der Waals surface area contributed by atoms with Gasteiger partial charge in [-0.3, -0.25) is 0 Å². The summed E-state index contributed by atoms with van der Waals surface area (Å²) in [4.78, 5) is 0. The van der Waals surface area contributed by atoms with Gasteiger partial charge in [0, 0.05) is 17.2 Å². The van der Waals surface area contributed by atoms with Crippen molar-refractivity contribution in [3.05, 3.63) is 89.1 Å². The summed E-state index contributed by atoms with van der Waals surface area (Å²) in [6.07, 6.45) is 1.41. The number of aryl methyl sites for hydroxylation is 2. The molecule has 1 saturated carbocycles. The lowest BCUT2D eigenvalue weighted by molar-refractivity contribution is -0.661. The summed E-state index contributed by atoms with van der Waals surface area (Å²) in [6, 6.07) is 20.1. The number of pyridine rings is 1. The monoisotopic (exact) mass is 544 g/mol. The van der Waals surface area contributed by atoms with E-state index in [2.05, 4.69) is 59.7 Å². The molecule has 1 aromatic heterocycles. The third-order valence-electron chi connectivity index (χ3n) is 9.01. The predicted octanol–water partition coefficient (Wildman–Crippen LogP) is 10.3. The van der Waals surface area contributed by atoms with Crippen molar-refractivity contribution in [1.82, 2.24) is 0 Å². The quantitative estimate of drug-likeness (QED) is 0.226. The second-order valence-corrected chi connectivity index (χ2v) is 13.5. The summed E-state index contributed by atoms with van der Waals surface area (Å²) in [5.74, 6) is 0.476. The van der Waals surface area contributed by atoms with Crippen molar-refractivity contribution in [2.45, 2.75) is 84.7 Å². The highest BCUT2D eigenvalue weighted by Gasteiger charge is 2.38.